The van der Waals surface area contributed by atoms with Crippen LogP contribution in [0.15, 0.2) is 30.3 Å². The molecule has 0 atom stereocenters. The Morgan fingerprint density at radius 1 is 1.23 bits per heavy atom. The Bertz CT molecular complexity index is 581. The van der Waals surface area contributed by atoms with Crippen molar-refractivity contribution in [1.29, 1.82) is 0 Å². The molecule has 1 aliphatic rings. The van der Waals surface area contributed by atoms with Crippen LogP contribution in [0.5, 0.6) is 0 Å². The molecule has 0 radical (unpaired) electrons. The topological polar surface area (TPSA) is 66.5 Å². The number of carbonyl (C=O) groups is 1. The van der Waals surface area contributed by atoms with Gasteiger partial charge in [-0.25, -0.2) is 8.42 Å². The first-order chi connectivity index (χ1) is 10.5. The summed E-state index contributed by atoms with van der Waals surface area (Å²) in [5.74, 6) is -0.0777. The SMILES string of the molecule is CS(=O)(=O)N(CCNC(=O)Cc1ccccc1)C1CCCC1. The van der Waals surface area contributed by atoms with E-state index in [1.807, 2.05) is 30.3 Å². The summed E-state index contributed by atoms with van der Waals surface area (Å²) in [5, 5.41) is 2.81. The van der Waals surface area contributed by atoms with Gasteiger partial charge in [-0.05, 0) is 18.4 Å². The minimum Gasteiger partial charge on any atom is -0.354 e. The first-order valence-electron chi connectivity index (χ1n) is 7.74. The molecule has 0 aliphatic heterocycles. The smallest absolute Gasteiger partial charge is 0.224 e. The molecule has 0 aromatic heterocycles. The molecule has 6 heteroatoms. The molecule has 0 unspecified atom stereocenters. The van der Waals surface area contributed by atoms with E-state index >= 15 is 0 Å². The first-order valence-corrected chi connectivity index (χ1v) is 9.59. The fourth-order valence-electron chi connectivity index (χ4n) is 2.96. The van der Waals surface area contributed by atoms with E-state index < -0.39 is 10.0 Å². The highest BCUT2D eigenvalue weighted by Gasteiger charge is 2.28. The molecule has 1 N–H and O–H groups in total. The lowest BCUT2D eigenvalue weighted by atomic mass is 10.1. The second-order valence-electron chi connectivity index (χ2n) is 5.82. The summed E-state index contributed by atoms with van der Waals surface area (Å²) < 4.78 is 25.3. The summed E-state index contributed by atoms with van der Waals surface area (Å²) in [4.78, 5) is 11.9. The molecule has 1 aliphatic carbocycles. The van der Waals surface area contributed by atoms with Gasteiger partial charge in [-0.3, -0.25) is 4.79 Å². The van der Waals surface area contributed by atoms with E-state index in [9.17, 15) is 13.2 Å². The van der Waals surface area contributed by atoms with Crippen molar-refractivity contribution >= 4 is 15.9 Å². The van der Waals surface area contributed by atoms with Gasteiger partial charge in [-0.1, -0.05) is 43.2 Å². The molecule has 0 saturated heterocycles. The van der Waals surface area contributed by atoms with Crippen LogP contribution in [0, 0.1) is 0 Å². The summed E-state index contributed by atoms with van der Waals surface area (Å²) in [6.45, 7) is 0.708. The average Bonchev–Trinajstić information content (AvgIpc) is 2.97. The van der Waals surface area contributed by atoms with Gasteiger partial charge < -0.3 is 5.32 Å². The maximum absolute atomic E-state index is 11.9. The summed E-state index contributed by atoms with van der Waals surface area (Å²) >= 11 is 0. The molecular weight excluding hydrogens is 300 g/mol. The van der Waals surface area contributed by atoms with Crippen molar-refractivity contribution in [2.45, 2.75) is 38.1 Å². The lowest BCUT2D eigenvalue weighted by molar-refractivity contribution is -0.120. The molecule has 122 valence electrons. The Balaban J connectivity index is 1.81. The van der Waals surface area contributed by atoms with Crippen LogP contribution in [-0.2, 0) is 21.2 Å². The number of nitrogens with zero attached hydrogens (tertiary/aromatic N) is 1. The zero-order chi connectivity index (χ0) is 16.0. The van der Waals surface area contributed by atoms with Crippen molar-refractivity contribution in [1.82, 2.24) is 9.62 Å². The molecule has 1 aromatic rings. The summed E-state index contributed by atoms with van der Waals surface area (Å²) in [6, 6.07) is 9.61. The van der Waals surface area contributed by atoms with Crippen LogP contribution >= 0.6 is 0 Å². The molecule has 1 fully saturated rings. The normalized spacial score (nSPS) is 16.1. The second kappa shape index (κ2) is 7.74. The van der Waals surface area contributed by atoms with Gasteiger partial charge in [0.2, 0.25) is 15.9 Å². The number of rotatable bonds is 7. The van der Waals surface area contributed by atoms with Crippen molar-refractivity contribution < 1.29 is 13.2 Å². The molecule has 1 saturated carbocycles. The Hall–Kier alpha value is -1.40. The molecule has 5 nitrogen and oxygen atoms in total. The first kappa shape index (κ1) is 17.0. The van der Waals surface area contributed by atoms with E-state index in [4.69, 9.17) is 0 Å². The van der Waals surface area contributed by atoms with Crippen LogP contribution in [0.4, 0.5) is 0 Å². The van der Waals surface area contributed by atoms with Gasteiger partial charge in [0.25, 0.3) is 0 Å². The van der Waals surface area contributed by atoms with Gasteiger partial charge >= 0.3 is 0 Å². The average molecular weight is 324 g/mol. The summed E-state index contributed by atoms with van der Waals surface area (Å²) in [5.41, 5.74) is 0.954. The number of amides is 1. The van der Waals surface area contributed by atoms with Gasteiger partial charge in [-0.15, -0.1) is 0 Å². The fourth-order valence-corrected chi connectivity index (χ4v) is 4.14. The molecule has 1 aromatic carbocycles. The maximum Gasteiger partial charge on any atom is 0.224 e. The zero-order valence-electron chi connectivity index (χ0n) is 13.0. The van der Waals surface area contributed by atoms with E-state index in [0.29, 0.717) is 19.5 Å². The number of nitrogens with one attached hydrogen (secondary N) is 1. The summed E-state index contributed by atoms with van der Waals surface area (Å²) in [6.07, 6.45) is 5.57. The van der Waals surface area contributed by atoms with Crippen molar-refractivity contribution in [3.63, 3.8) is 0 Å². The highest BCUT2D eigenvalue weighted by Crippen LogP contribution is 2.24. The number of carbonyl (C=O) groups excluding carboxylic acids is 1. The van der Waals surface area contributed by atoms with E-state index in [2.05, 4.69) is 5.32 Å². The monoisotopic (exact) mass is 324 g/mol. The van der Waals surface area contributed by atoms with Gasteiger partial charge in [0.15, 0.2) is 0 Å². The molecule has 0 bridgehead atoms. The number of sulfonamides is 1. The minimum atomic E-state index is -3.22. The fraction of sp³-hybridized carbons (Fsp3) is 0.562. The van der Waals surface area contributed by atoms with Crippen molar-refractivity contribution in [3.05, 3.63) is 35.9 Å². The molecular formula is C16H24N2O3S. The van der Waals surface area contributed by atoms with Crippen molar-refractivity contribution in [3.8, 4) is 0 Å². The van der Waals surface area contributed by atoms with Crippen molar-refractivity contribution in [2.24, 2.45) is 0 Å². The summed E-state index contributed by atoms with van der Waals surface area (Å²) in [7, 11) is -3.22. The highest BCUT2D eigenvalue weighted by molar-refractivity contribution is 7.88. The van der Waals surface area contributed by atoms with E-state index in [1.165, 1.54) is 6.26 Å². The third-order valence-corrected chi connectivity index (χ3v) is 5.35. The van der Waals surface area contributed by atoms with E-state index in [1.54, 1.807) is 4.31 Å². The largest absolute Gasteiger partial charge is 0.354 e. The predicted molar refractivity (Wildman–Crippen MR) is 87.0 cm³/mol. The quantitative estimate of drug-likeness (QED) is 0.827. The standard InChI is InChI=1S/C16H24N2O3S/c1-22(20,21)18(15-9-5-6-10-15)12-11-17-16(19)13-14-7-3-2-4-8-14/h2-4,7-8,15H,5-6,9-13H2,1H3,(H,17,19). The van der Waals surface area contributed by atoms with Crippen LogP contribution in [0.2, 0.25) is 0 Å². The Morgan fingerprint density at radius 3 is 2.45 bits per heavy atom. The highest BCUT2D eigenvalue weighted by atomic mass is 32.2. The van der Waals surface area contributed by atoms with Crippen LogP contribution in [0.3, 0.4) is 0 Å². The lowest BCUT2D eigenvalue weighted by Gasteiger charge is -2.26. The Labute approximate surface area is 132 Å². The second-order valence-corrected chi connectivity index (χ2v) is 7.76. The molecule has 0 spiro atoms. The van der Waals surface area contributed by atoms with Crippen molar-refractivity contribution in [2.75, 3.05) is 19.3 Å². The van der Waals surface area contributed by atoms with Crippen LogP contribution < -0.4 is 5.32 Å². The van der Waals surface area contributed by atoms with Crippen LogP contribution in [0.1, 0.15) is 31.2 Å². The van der Waals surface area contributed by atoms with E-state index in [-0.39, 0.29) is 11.9 Å². The van der Waals surface area contributed by atoms with Gasteiger partial charge in [0, 0.05) is 19.1 Å². The molecule has 1 amide bonds. The van der Waals surface area contributed by atoms with Gasteiger partial charge in [0.05, 0.1) is 12.7 Å². The number of benzene rings is 1. The third-order valence-electron chi connectivity index (χ3n) is 4.02. The zero-order valence-corrected chi connectivity index (χ0v) is 13.8. The number of hydrogen-bond acceptors (Lipinski definition) is 3. The maximum atomic E-state index is 11.9. The Kier molecular flexibility index (Phi) is 5.97. The number of hydrogen-bond donors (Lipinski definition) is 1. The third kappa shape index (κ3) is 5.10. The van der Waals surface area contributed by atoms with Crippen LogP contribution in [-0.4, -0.2) is 44.0 Å². The van der Waals surface area contributed by atoms with Gasteiger partial charge in [-0.2, -0.15) is 4.31 Å². The molecule has 22 heavy (non-hydrogen) atoms. The Morgan fingerprint density at radius 2 is 1.86 bits per heavy atom. The van der Waals surface area contributed by atoms with E-state index in [0.717, 1.165) is 31.2 Å². The molecule has 2 rings (SSSR count). The predicted octanol–water partition coefficient (Wildman–Crippen LogP) is 1.55. The minimum absolute atomic E-state index is 0.0777. The molecule has 0 heterocycles. The van der Waals surface area contributed by atoms with Gasteiger partial charge in [0.1, 0.15) is 0 Å². The van der Waals surface area contributed by atoms with Crippen LogP contribution in [0.25, 0.3) is 0 Å². The lowest BCUT2D eigenvalue weighted by Crippen LogP contribution is -2.43.